The molecule has 2 amide bonds. The lowest BCUT2D eigenvalue weighted by Gasteiger charge is -2.20. The van der Waals surface area contributed by atoms with Crippen LogP contribution in [0.3, 0.4) is 0 Å². The number of para-hydroxylation sites is 1. The zero-order valence-electron chi connectivity index (χ0n) is 13.3. The summed E-state index contributed by atoms with van der Waals surface area (Å²) in [5.41, 5.74) is 2.11. The average molecular weight is 340 g/mol. The van der Waals surface area contributed by atoms with Crippen molar-refractivity contribution in [2.24, 2.45) is 0 Å². The number of anilines is 2. The van der Waals surface area contributed by atoms with E-state index in [0.29, 0.717) is 35.7 Å². The molecular formula is C18H16N2O5. The predicted octanol–water partition coefficient (Wildman–Crippen LogP) is 2.32. The van der Waals surface area contributed by atoms with Crippen LogP contribution in [-0.2, 0) is 16.0 Å². The molecule has 2 heterocycles. The van der Waals surface area contributed by atoms with Gasteiger partial charge >= 0.3 is 0 Å². The predicted molar refractivity (Wildman–Crippen MR) is 90.1 cm³/mol. The number of amides is 2. The van der Waals surface area contributed by atoms with Gasteiger partial charge in [-0.25, -0.2) is 0 Å². The largest absolute Gasteiger partial charge is 0.479 e. The highest BCUT2D eigenvalue weighted by molar-refractivity contribution is 5.99. The number of nitrogens with one attached hydrogen (secondary N) is 2. The molecule has 0 aromatic heterocycles. The molecular weight excluding hydrogens is 324 g/mol. The topological polar surface area (TPSA) is 85.9 Å². The minimum Gasteiger partial charge on any atom is -0.479 e. The molecule has 4 rings (SSSR count). The van der Waals surface area contributed by atoms with Gasteiger partial charge in [-0.2, -0.15) is 0 Å². The van der Waals surface area contributed by atoms with E-state index in [1.807, 2.05) is 18.2 Å². The van der Waals surface area contributed by atoms with Gasteiger partial charge in [-0.15, -0.1) is 0 Å². The van der Waals surface area contributed by atoms with Crippen molar-refractivity contribution >= 4 is 23.2 Å². The van der Waals surface area contributed by atoms with Crippen LogP contribution in [0.5, 0.6) is 17.2 Å². The number of ether oxygens (including phenoxy) is 3. The van der Waals surface area contributed by atoms with Crippen molar-refractivity contribution in [2.45, 2.75) is 12.8 Å². The number of hydrogen-bond acceptors (Lipinski definition) is 5. The Morgan fingerprint density at radius 3 is 2.92 bits per heavy atom. The summed E-state index contributed by atoms with van der Waals surface area (Å²) in [6.07, 6.45) is 0.894. The van der Waals surface area contributed by atoms with Crippen LogP contribution < -0.4 is 24.8 Å². The van der Waals surface area contributed by atoms with Crippen LogP contribution in [-0.4, -0.2) is 25.2 Å². The summed E-state index contributed by atoms with van der Waals surface area (Å²) in [5.74, 6) is 1.58. The molecule has 0 saturated carbocycles. The van der Waals surface area contributed by atoms with Crippen molar-refractivity contribution in [1.29, 1.82) is 0 Å². The van der Waals surface area contributed by atoms with Crippen molar-refractivity contribution in [3.8, 4) is 17.2 Å². The van der Waals surface area contributed by atoms with Gasteiger partial charge in [-0.3, -0.25) is 9.59 Å². The number of fused-ring (bicyclic) bond motifs is 2. The smallest absolute Gasteiger partial charge is 0.262 e. The Labute approximate surface area is 143 Å². The Morgan fingerprint density at radius 1 is 1.12 bits per heavy atom. The zero-order valence-corrected chi connectivity index (χ0v) is 13.3. The molecule has 7 nitrogen and oxygen atoms in total. The zero-order chi connectivity index (χ0) is 17.2. The lowest BCUT2D eigenvalue weighted by molar-refractivity contribution is -0.118. The maximum atomic E-state index is 12.3. The molecule has 128 valence electrons. The molecule has 0 unspecified atom stereocenters. The summed E-state index contributed by atoms with van der Waals surface area (Å²) in [5, 5.41) is 5.55. The maximum Gasteiger partial charge on any atom is 0.262 e. The van der Waals surface area contributed by atoms with Gasteiger partial charge in [0.25, 0.3) is 5.91 Å². The van der Waals surface area contributed by atoms with Crippen molar-refractivity contribution in [3.63, 3.8) is 0 Å². The summed E-state index contributed by atoms with van der Waals surface area (Å²) in [6.45, 7) is 0.173. The molecule has 0 aliphatic carbocycles. The Kier molecular flexibility index (Phi) is 3.89. The van der Waals surface area contributed by atoms with E-state index in [9.17, 15) is 9.59 Å². The monoisotopic (exact) mass is 340 g/mol. The molecule has 0 radical (unpaired) electrons. The van der Waals surface area contributed by atoms with E-state index >= 15 is 0 Å². The molecule has 7 heteroatoms. The van der Waals surface area contributed by atoms with Crippen LogP contribution in [0.1, 0.15) is 12.0 Å². The standard InChI is InChI=1S/C18H16N2O5/c21-16(7-5-11-4-6-14-15(8-11)25-10-24-14)19-12-2-1-3-13-18(12)23-9-17(22)20-13/h1-4,6,8H,5,7,9-10H2,(H,19,21)(H,20,22). The minimum absolute atomic E-state index is 0.0585. The van der Waals surface area contributed by atoms with Crippen molar-refractivity contribution in [3.05, 3.63) is 42.0 Å². The summed E-state index contributed by atoms with van der Waals surface area (Å²) in [4.78, 5) is 23.6. The van der Waals surface area contributed by atoms with Crippen LogP contribution in [0.15, 0.2) is 36.4 Å². The molecule has 2 aliphatic heterocycles. The highest BCUT2D eigenvalue weighted by Gasteiger charge is 2.20. The molecule has 2 N–H and O–H groups in total. The van der Waals surface area contributed by atoms with Gasteiger partial charge < -0.3 is 24.8 Å². The molecule has 0 spiro atoms. The molecule has 0 fully saturated rings. The number of rotatable bonds is 4. The third-order valence-corrected chi connectivity index (χ3v) is 3.99. The van der Waals surface area contributed by atoms with Gasteiger partial charge in [0.2, 0.25) is 12.7 Å². The van der Waals surface area contributed by atoms with E-state index in [-0.39, 0.29) is 25.2 Å². The molecule has 25 heavy (non-hydrogen) atoms. The van der Waals surface area contributed by atoms with Gasteiger partial charge in [0.15, 0.2) is 23.9 Å². The second-order valence-corrected chi connectivity index (χ2v) is 5.75. The third kappa shape index (κ3) is 3.21. The fourth-order valence-electron chi connectivity index (χ4n) is 2.78. The second kappa shape index (κ2) is 6.35. The quantitative estimate of drug-likeness (QED) is 0.892. The summed E-state index contributed by atoms with van der Waals surface area (Å²) >= 11 is 0. The van der Waals surface area contributed by atoms with E-state index in [1.165, 1.54) is 0 Å². The Hall–Kier alpha value is -3.22. The minimum atomic E-state index is -0.209. The second-order valence-electron chi connectivity index (χ2n) is 5.75. The highest BCUT2D eigenvalue weighted by atomic mass is 16.7. The molecule has 2 aromatic carbocycles. The average Bonchev–Trinajstić information content (AvgIpc) is 3.07. The first kappa shape index (κ1) is 15.3. The highest BCUT2D eigenvalue weighted by Crippen LogP contribution is 2.36. The third-order valence-electron chi connectivity index (χ3n) is 3.99. The van der Waals surface area contributed by atoms with E-state index < -0.39 is 0 Å². The summed E-state index contributed by atoms with van der Waals surface area (Å²) < 4.78 is 16.0. The van der Waals surface area contributed by atoms with Crippen LogP contribution in [0, 0.1) is 0 Å². The van der Waals surface area contributed by atoms with Crippen molar-refractivity contribution < 1.29 is 23.8 Å². The molecule has 0 atom stereocenters. The summed E-state index contributed by atoms with van der Waals surface area (Å²) in [7, 11) is 0. The lowest BCUT2D eigenvalue weighted by Crippen LogP contribution is -2.26. The van der Waals surface area contributed by atoms with Crippen LogP contribution in [0.25, 0.3) is 0 Å². The van der Waals surface area contributed by atoms with E-state index in [0.717, 1.165) is 11.3 Å². The Morgan fingerprint density at radius 2 is 2.00 bits per heavy atom. The number of aryl methyl sites for hydroxylation is 1. The Bertz CT molecular complexity index is 849. The number of hydrogen-bond donors (Lipinski definition) is 2. The van der Waals surface area contributed by atoms with Gasteiger partial charge in [0, 0.05) is 6.42 Å². The molecule has 0 saturated heterocycles. The maximum absolute atomic E-state index is 12.3. The fourth-order valence-corrected chi connectivity index (χ4v) is 2.78. The number of carbonyl (C=O) groups is 2. The van der Waals surface area contributed by atoms with E-state index in [4.69, 9.17) is 14.2 Å². The normalized spacial score (nSPS) is 14.3. The van der Waals surface area contributed by atoms with Crippen LogP contribution in [0.2, 0.25) is 0 Å². The molecule has 0 bridgehead atoms. The van der Waals surface area contributed by atoms with Crippen molar-refractivity contribution in [1.82, 2.24) is 0 Å². The number of benzene rings is 2. The van der Waals surface area contributed by atoms with Gasteiger partial charge in [0.1, 0.15) is 0 Å². The molecule has 2 aliphatic rings. The lowest BCUT2D eigenvalue weighted by atomic mass is 10.1. The first-order valence-electron chi connectivity index (χ1n) is 7.93. The van der Waals surface area contributed by atoms with Crippen molar-refractivity contribution in [2.75, 3.05) is 24.0 Å². The number of carbonyl (C=O) groups excluding carboxylic acids is 2. The first-order chi connectivity index (χ1) is 12.2. The fraction of sp³-hybridized carbons (Fsp3) is 0.222. The van der Waals surface area contributed by atoms with Gasteiger partial charge in [0.05, 0.1) is 11.4 Å². The van der Waals surface area contributed by atoms with E-state index in [2.05, 4.69) is 10.6 Å². The summed E-state index contributed by atoms with van der Waals surface area (Å²) in [6, 6.07) is 10.9. The molecule has 2 aromatic rings. The Balaban J connectivity index is 1.40. The van der Waals surface area contributed by atoms with Gasteiger partial charge in [-0.1, -0.05) is 12.1 Å². The van der Waals surface area contributed by atoms with Gasteiger partial charge in [-0.05, 0) is 36.2 Å². The van der Waals surface area contributed by atoms with Crippen LogP contribution in [0.4, 0.5) is 11.4 Å². The SMILES string of the molecule is O=C(CCc1ccc2c(c1)OCO2)Nc1cccc2c1OCC(=O)N2. The van der Waals surface area contributed by atoms with E-state index in [1.54, 1.807) is 18.2 Å². The first-order valence-corrected chi connectivity index (χ1v) is 7.93. The van der Waals surface area contributed by atoms with Crippen LogP contribution >= 0.6 is 0 Å².